The maximum atomic E-state index is 6.13. The van der Waals surface area contributed by atoms with Crippen molar-refractivity contribution in [1.82, 2.24) is 0 Å². The molecule has 1 unspecified atom stereocenters. The molecule has 3 nitrogen and oxygen atoms in total. The van der Waals surface area contributed by atoms with Gasteiger partial charge in [0, 0.05) is 11.8 Å². The Morgan fingerprint density at radius 1 is 1.32 bits per heavy atom. The summed E-state index contributed by atoms with van der Waals surface area (Å²) in [5.74, 6) is 5.46. The molecule has 1 aliphatic carbocycles. The van der Waals surface area contributed by atoms with E-state index in [-0.39, 0.29) is 0 Å². The van der Waals surface area contributed by atoms with Crippen molar-refractivity contribution in [2.24, 2.45) is 9.98 Å². The smallest absolute Gasteiger partial charge is 0.240 e. The number of aliphatic imine (C=N–C) groups is 2. The van der Waals surface area contributed by atoms with Crippen LogP contribution in [0.5, 0.6) is 0 Å². The second-order valence-electron chi connectivity index (χ2n) is 7.32. The molecule has 0 aromatic heterocycles. The minimum Gasteiger partial charge on any atom is -0.464 e. The summed E-state index contributed by atoms with van der Waals surface area (Å²) in [5, 5.41) is 0. The molecule has 0 aromatic rings. The molecule has 134 valence electrons. The average molecular weight is 356 g/mol. The first-order valence-corrected chi connectivity index (χ1v) is 11.0. The molecule has 0 amide bonds. The maximum absolute atomic E-state index is 6.13. The molecule has 3 aliphatic rings. The molecule has 0 saturated heterocycles. The van der Waals surface area contributed by atoms with Crippen molar-refractivity contribution in [1.29, 1.82) is 0 Å². The molecule has 0 N–H and O–H groups in total. The van der Waals surface area contributed by atoms with Crippen LogP contribution in [0, 0.1) is 0 Å². The second kappa shape index (κ2) is 7.74. The van der Waals surface area contributed by atoms with Gasteiger partial charge in [-0.05, 0) is 39.3 Å². The summed E-state index contributed by atoms with van der Waals surface area (Å²) in [5.41, 5.74) is 3.30. The molecular weight excluding hydrogens is 327 g/mol. The van der Waals surface area contributed by atoms with Crippen LogP contribution in [-0.2, 0) is 4.74 Å². The lowest BCUT2D eigenvalue weighted by molar-refractivity contribution is 0.164. The molecule has 0 radical (unpaired) electrons. The summed E-state index contributed by atoms with van der Waals surface area (Å²) < 4.78 is 6.13. The zero-order chi connectivity index (χ0) is 17.9. The highest BCUT2D eigenvalue weighted by Gasteiger charge is 2.36. The Morgan fingerprint density at radius 2 is 2.08 bits per heavy atom. The van der Waals surface area contributed by atoms with Gasteiger partial charge in [-0.2, -0.15) is 0 Å². The molecule has 1 fully saturated rings. The van der Waals surface area contributed by atoms with Gasteiger partial charge in [0.15, 0.2) is 0 Å². The Kier molecular flexibility index (Phi) is 5.64. The normalized spacial score (nSPS) is 29.6. The summed E-state index contributed by atoms with van der Waals surface area (Å²) in [7, 11) is -0.523. The van der Waals surface area contributed by atoms with Gasteiger partial charge in [0.1, 0.15) is 11.3 Å². The van der Waals surface area contributed by atoms with Crippen LogP contribution in [0.25, 0.3) is 0 Å². The van der Waals surface area contributed by atoms with E-state index in [1.165, 1.54) is 38.3 Å². The van der Waals surface area contributed by atoms with E-state index in [9.17, 15) is 0 Å². The number of hydrogen-bond acceptors (Lipinski definition) is 3. The van der Waals surface area contributed by atoms with Gasteiger partial charge in [0.25, 0.3) is 0 Å². The predicted molar refractivity (Wildman–Crippen MR) is 112 cm³/mol. The molecule has 2 heterocycles. The average Bonchev–Trinajstić information content (AvgIpc) is 2.62. The third-order valence-electron chi connectivity index (χ3n) is 5.12. The fraction of sp³-hybridized carbons (Fsp3) is 0.476. The van der Waals surface area contributed by atoms with Gasteiger partial charge in [0.05, 0.1) is 5.71 Å². The number of nitrogens with zero attached hydrogens (tertiary/aromatic N) is 2. The molecule has 1 atom stereocenters. The number of ether oxygens (including phenoxy) is 1. The maximum Gasteiger partial charge on any atom is 0.240 e. The van der Waals surface area contributed by atoms with Crippen LogP contribution in [0.4, 0.5) is 0 Å². The van der Waals surface area contributed by atoms with Gasteiger partial charge in [-0.1, -0.05) is 63.2 Å². The molecule has 2 aliphatic heterocycles. The highest BCUT2D eigenvalue weighted by atomic mass is 31.1. The van der Waals surface area contributed by atoms with Gasteiger partial charge < -0.3 is 4.74 Å². The topological polar surface area (TPSA) is 34.0 Å². The van der Waals surface area contributed by atoms with Gasteiger partial charge in [-0.15, -0.1) is 0 Å². The minimum atomic E-state index is -0.523. The van der Waals surface area contributed by atoms with E-state index in [1.807, 2.05) is 26.8 Å². The van der Waals surface area contributed by atoms with Crippen LogP contribution in [0.3, 0.4) is 0 Å². The third-order valence-corrected chi connectivity index (χ3v) is 7.74. The lowest BCUT2D eigenvalue weighted by atomic mass is 9.93. The van der Waals surface area contributed by atoms with E-state index < -0.39 is 13.1 Å². The van der Waals surface area contributed by atoms with Gasteiger partial charge in [-0.25, -0.2) is 9.98 Å². The van der Waals surface area contributed by atoms with Gasteiger partial charge >= 0.3 is 0 Å². The third kappa shape index (κ3) is 3.98. The molecule has 0 bridgehead atoms. The highest BCUT2D eigenvalue weighted by molar-refractivity contribution is 7.61. The first-order valence-electron chi connectivity index (χ1n) is 9.29. The van der Waals surface area contributed by atoms with Crippen LogP contribution >= 0.6 is 7.55 Å². The molecule has 1 saturated carbocycles. The Morgan fingerprint density at radius 3 is 2.68 bits per heavy atom. The van der Waals surface area contributed by atoms with Crippen LogP contribution < -0.4 is 0 Å². The van der Waals surface area contributed by atoms with Crippen molar-refractivity contribution in [2.45, 2.75) is 64.1 Å². The van der Waals surface area contributed by atoms with E-state index in [4.69, 9.17) is 9.73 Å². The lowest BCUT2D eigenvalue weighted by Gasteiger charge is -2.34. The van der Waals surface area contributed by atoms with Gasteiger partial charge in [0.2, 0.25) is 5.90 Å². The standard InChI is InChI=1S/C21H29N2OP/c1-5-18-20(22-6-2)24-21(3,4)19(23-18)16-12-14-25(15-13-16)17-10-8-7-9-11-17/h5-6,12-15,17,25H,2,7-11H2,1,3-4H3/b18-5+,22-20+. The molecule has 0 spiro atoms. The van der Waals surface area contributed by atoms with Crippen molar-refractivity contribution in [3.63, 3.8) is 0 Å². The van der Waals surface area contributed by atoms with E-state index in [0.29, 0.717) is 5.90 Å². The fourth-order valence-corrected chi connectivity index (χ4v) is 6.24. The number of hydrogen-bond donors (Lipinski definition) is 0. The Labute approximate surface area is 152 Å². The monoisotopic (exact) mass is 356 g/mol. The SMILES string of the molecule is C=C/N=C1/OC(C)(C)C(C2=CC=[PH](C3CCCCC3)C=C2)=N/C1=C/C. The predicted octanol–water partition coefficient (Wildman–Crippen LogP) is 5.48. The van der Waals surface area contributed by atoms with Crippen LogP contribution in [-0.4, -0.2) is 28.7 Å². The molecule has 4 heteroatoms. The lowest BCUT2D eigenvalue weighted by Crippen LogP contribution is -2.42. The first-order chi connectivity index (χ1) is 12.0. The van der Waals surface area contributed by atoms with Crippen molar-refractivity contribution in [3.8, 4) is 0 Å². The van der Waals surface area contributed by atoms with E-state index in [2.05, 4.69) is 35.3 Å². The van der Waals surface area contributed by atoms with Gasteiger partial charge in [-0.3, -0.25) is 0 Å². The second-order valence-corrected chi connectivity index (χ2v) is 9.80. The van der Waals surface area contributed by atoms with Crippen LogP contribution in [0.15, 0.2) is 58.1 Å². The number of rotatable bonds is 3. The zero-order valence-corrected chi connectivity index (χ0v) is 16.6. The van der Waals surface area contributed by atoms with E-state index >= 15 is 0 Å². The van der Waals surface area contributed by atoms with Crippen LogP contribution in [0.2, 0.25) is 0 Å². The van der Waals surface area contributed by atoms with Crippen molar-refractivity contribution >= 4 is 25.0 Å². The quantitative estimate of drug-likeness (QED) is 0.616. The fourth-order valence-electron chi connectivity index (χ4n) is 3.77. The Bertz CT molecular complexity index is 729. The first kappa shape index (κ1) is 18.2. The minimum absolute atomic E-state index is 0.506. The largest absolute Gasteiger partial charge is 0.464 e. The summed E-state index contributed by atoms with van der Waals surface area (Å²) in [6, 6.07) is 0. The van der Waals surface area contributed by atoms with Crippen molar-refractivity contribution in [3.05, 3.63) is 48.1 Å². The summed E-state index contributed by atoms with van der Waals surface area (Å²) in [6.45, 7) is 9.72. The zero-order valence-electron chi connectivity index (χ0n) is 15.6. The summed E-state index contributed by atoms with van der Waals surface area (Å²) in [4.78, 5) is 9.09. The Hall–Kier alpha value is -1.60. The Balaban J connectivity index is 1.89. The van der Waals surface area contributed by atoms with E-state index in [1.54, 1.807) is 0 Å². The molecule has 3 rings (SSSR count). The molecule has 25 heavy (non-hydrogen) atoms. The highest BCUT2D eigenvalue weighted by Crippen LogP contribution is 2.42. The summed E-state index contributed by atoms with van der Waals surface area (Å²) >= 11 is 0. The number of allylic oxidation sites excluding steroid dienone is 3. The summed E-state index contributed by atoms with van der Waals surface area (Å²) in [6.07, 6.45) is 15.0. The molecule has 0 aromatic carbocycles. The molecular formula is C21H29N2OP. The van der Waals surface area contributed by atoms with Crippen molar-refractivity contribution < 1.29 is 4.74 Å². The van der Waals surface area contributed by atoms with Crippen LogP contribution in [0.1, 0.15) is 52.9 Å². The van der Waals surface area contributed by atoms with E-state index in [0.717, 1.165) is 22.6 Å². The van der Waals surface area contributed by atoms with Crippen molar-refractivity contribution in [2.75, 3.05) is 0 Å².